The van der Waals surface area contributed by atoms with Crippen LogP contribution in [0.25, 0.3) is 0 Å². The third-order valence-electron chi connectivity index (χ3n) is 3.50. The van der Waals surface area contributed by atoms with Crippen molar-refractivity contribution >= 4 is 12.6 Å². The van der Waals surface area contributed by atoms with E-state index >= 15 is 0 Å². The molecule has 108 valence electrons. The molecule has 0 saturated heterocycles. The van der Waals surface area contributed by atoms with Gasteiger partial charge in [-0.1, -0.05) is 38.8 Å². The fourth-order valence-electron chi connectivity index (χ4n) is 2.50. The summed E-state index contributed by atoms with van der Waals surface area (Å²) in [6.07, 6.45) is 4.63. The third kappa shape index (κ3) is 4.64. The minimum absolute atomic E-state index is 0.174. The number of methoxy groups -OCH3 is 1. The minimum atomic E-state index is 0.174. The molecule has 0 fully saturated rings. The molecule has 0 radical (unpaired) electrons. The highest BCUT2D eigenvalue weighted by Crippen LogP contribution is 2.34. The predicted octanol–water partition coefficient (Wildman–Crippen LogP) is 4.59. The maximum atomic E-state index is 6.02. The van der Waals surface area contributed by atoms with Crippen molar-refractivity contribution in [2.75, 3.05) is 19.5 Å². The summed E-state index contributed by atoms with van der Waals surface area (Å²) in [5, 5.41) is 0. The van der Waals surface area contributed by atoms with Crippen LogP contribution in [0.2, 0.25) is 0 Å². The van der Waals surface area contributed by atoms with Gasteiger partial charge in [0.2, 0.25) is 0 Å². The van der Waals surface area contributed by atoms with Crippen molar-refractivity contribution in [2.45, 2.75) is 39.5 Å². The van der Waals surface area contributed by atoms with E-state index in [4.69, 9.17) is 9.47 Å². The summed E-state index contributed by atoms with van der Waals surface area (Å²) in [5.41, 5.74) is 0.174. The van der Waals surface area contributed by atoms with E-state index in [0.717, 1.165) is 42.9 Å². The summed E-state index contributed by atoms with van der Waals surface area (Å²) in [7, 11) is 1.67. The highest BCUT2D eigenvalue weighted by Gasteiger charge is 2.28. The molecule has 1 aromatic rings. The van der Waals surface area contributed by atoms with E-state index < -0.39 is 0 Å². The van der Waals surface area contributed by atoms with Gasteiger partial charge in [0.05, 0.1) is 13.7 Å². The van der Waals surface area contributed by atoms with E-state index in [0.29, 0.717) is 6.61 Å². The molecule has 19 heavy (non-hydrogen) atoms. The van der Waals surface area contributed by atoms with Crippen LogP contribution in [0.4, 0.5) is 0 Å². The molecular weight excluding hydrogens is 256 g/mol. The van der Waals surface area contributed by atoms with Gasteiger partial charge in [-0.15, -0.1) is 0 Å². The average Bonchev–Trinajstić information content (AvgIpc) is 2.45. The lowest BCUT2D eigenvalue weighted by molar-refractivity contribution is 0.140. The van der Waals surface area contributed by atoms with E-state index in [1.54, 1.807) is 7.11 Å². The Hall–Kier alpha value is -0.830. The second kappa shape index (κ2) is 8.36. The molecule has 2 nitrogen and oxygen atoms in total. The minimum Gasteiger partial charge on any atom is -0.493 e. The summed E-state index contributed by atoms with van der Waals surface area (Å²) in [6.45, 7) is 5.15. The average molecular weight is 282 g/mol. The van der Waals surface area contributed by atoms with Crippen LogP contribution < -0.4 is 9.47 Å². The first-order chi connectivity index (χ1) is 9.21. The van der Waals surface area contributed by atoms with Crippen molar-refractivity contribution in [3.05, 3.63) is 24.3 Å². The van der Waals surface area contributed by atoms with Gasteiger partial charge in [-0.25, -0.2) is 0 Å². The van der Waals surface area contributed by atoms with Gasteiger partial charge in [0, 0.05) is 5.41 Å². The van der Waals surface area contributed by atoms with Crippen LogP contribution in [0.3, 0.4) is 0 Å². The molecule has 0 aliphatic rings. The molecule has 0 spiro atoms. The number of hydrogen-bond acceptors (Lipinski definition) is 3. The fraction of sp³-hybridized carbons (Fsp3) is 0.625. The van der Waals surface area contributed by atoms with Crippen molar-refractivity contribution in [1.29, 1.82) is 0 Å². The molecule has 0 bridgehead atoms. The Balaban J connectivity index is 2.74. The van der Waals surface area contributed by atoms with Crippen LogP contribution in [0.15, 0.2) is 24.3 Å². The van der Waals surface area contributed by atoms with Crippen molar-refractivity contribution in [1.82, 2.24) is 0 Å². The van der Waals surface area contributed by atoms with Crippen LogP contribution in [0, 0.1) is 5.41 Å². The summed E-state index contributed by atoms with van der Waals surface area (Å²) in [4.78, 5) is 0. The van der Waals surface area contributed by atoms with Crippen LogP contribution in [0.1, 0.15) is 39.5 Å². The normalized spacial score (nSPS) is 11.4. The molecule has 0 amide bonds. The SMILES string of the molecule is CCCC(CS)(CCC)COc1ccccc1OC. The smallest absolute Gasteiger partial charge is 0.161 e. The number of rotatable bonds is 9. The second-order valence-electron chi connectivity index (χ2n) is 5.10. The van der Waals surface area contributed by atoms with Crippen molar-refractivity contribution in [2.24, 2.45) is 5.41 Å². The van der Waals surface area contributed by atoms with Gasteiger partial charge < -0.3 is 9.47 Å². The van der Waals surface area contributed by atoms with E-state index in [1.807, 2.05) is 24.3 Å². The Morgan fingerprint density at radius 1 is 1.05 bits per heavy atom. The van der Waals surface area contributed by atoms with Gasteiger partial charge in [0.1, 0.15) is 0 Å². The molecule has 0 N–H and O–H groups in total. The molecule has 0 atom stereocenters. The van der Waals surface area contributed by atoms with Gasteiger partial charge in [-0.3, -0.25) is 0 Å². The molecular formula is C16H26O2S. The largest absolute Gasteiger partial charge is 0.493 e. The zero-order chi connectivity index (χ0) is 14.1. The van der Waals surface area contributed by atoms with Gasteiger partial charge in [0.25, 0.3) is 0 Å². The zero-order valence-electron chi connectivity index (χ0n) is 12.3. The highest BCUT2D eigenvalue weighted by atomic mass is 32.1. The molecule has 0 saturated carbocycles. The lowest BCUT2D eigenvalue weighted by atomic mass is 9.82. The Labute approximate surface area is 122 Å². The number of ether oxygens (including phenoxy) is 2. The van der Waals surface area contributed by atoms with Crippen LogP contribution >= 0.6 is 12.6 Å². The maximum absolute atomic E-state index is 6.02. The number of para-hydroxylation sites is 2. The molecule has 0 aromatic heterocycles. The van der Waals surface area contributed by atoms with Crippen LogP contribution in [-0.2, 0) is 0 Å². The first-order valence-electron chi connectivity index (χ1n) is 7.08. The van der Waals surface area contributed by atoms with E-state index in [-0.39, 0.29) is 5.41 Å². The summed E-state index contributed by atoms with van der Waals surface area (Å²) in [5.74, 6) is 2.48. The van der Waals surface area contributed by atoms with E-state index in [9.17, 15) is 0 Å². The maximum Gasteiger partial charge on any atom is 0.161 e. The number of benzene rings is 1. The Morgan fingerprint density at radius 3 is 2.11 bits per heavy atom. The lowest BCUT2D eigenvalue weighted by Gasteiger charge is -2.32. The van der Waals surface area contributed by atoms with Crippen molar-refractivity contribution < 1.29 is 9.47 Å². The highest BCUT2D eigenvalue weighted by molar-refractivity contribution is 7.80. The monoisotopic (exact) mass is 282 g/mol. The Morgan fingerprint density at radius 2 is 1.63 bits per heavy atom. The first kappa shape index (κ1) is 16.2. The predicted molar refractivity (Wildman–Crippen MR) is 84.6 cm³/mol. The molecule has 0 aliphatic carbocycles. The van der Waals surface area contributed by atoms with Gasteiger partial charge in [0.15, 0.2) is 11.5 Å². The number of thiol groups is 1. The van der Waals surface area contributed by atoms with Gasteiger partial charge in [-0.05, 0) is 30.7 Å². The topological polar surface area (TPSA) is 18.5 Å². The Bertz CT molecular complexity index is 360. The van der Waals surface area contributed by atoms with Crippen LogP contribution in [-0.4, -0.2) is 19.5 Å². The molecule has 0 aliphatic heterocycles. The van der Waals surface area contributed by atoms with Gasteiger partial charge in [-0.2, -0.15) is 12.6 Å². The fourth-order valence-corrected chi connectivity index (χ4v) is 2.91. The quantitative estimate of drug-likeness (QED) is 0.668. The standard InChI is InChI=1S/C16H26O2S/c1-4-10-16(13-19,11-5-2)12-18-15-9-7-6-8-14(15)17-3/h6-9,19H,4-5,10-13H2,1-3H3. The lowest BCUT2D eigenvalue weighted by Crippen LogP contribution is -2.30. The Kier molecular flexibility index (Phi) is 7.14. The molecule has 3 heteroatoms. The summed E-state index contributed by atoms with van der Waals surface area (Å²) >= 11 is 4.55. The summed E-state index contributed by atoms with van der Waals surface area (Å²) < 4.78 is 11.3. The van der Waals surface area contributed by atoms with Gasteiger partial charge >= 0.3 is 0 Å². The third-order valence-corrected chi connectivity index (χ3v) is 4.17. The number of hydrogen-bond donors (Lipinski definition) is 1. The molecule has 1 rings (SSSR count). The zero-order valence-corrected chi connectivity index (χ0v) is 13.2. The van der Waals surface area contributed by atoms with Crippen molar-refractivity contribution in [3.8, 4) is 11.5 Å². The van der Waals surface area contributed by atoms with E-state index in [1.165, 1.54) is 0 Å². The molecule has 0 heterocycles. The van der Waals surface area contributed by atoms with Crippen molar-refractivity contribution in [3.63, 3.8) is 0 Å². The summed E-state index contributed by atoms with van der Waals surface area (Å²) in [6, 6.07) is 7.81. The second-order valence-corrected chi connectivity index (χ2v) is 5.41. The van der Waals surface area contributed by atoms with Crippen LogP contribution in [0.5, 0.6) is 11.5 Å². The first-order valence-corrected chi connectivity index (χ1v) is 7.71. The molecule has 1 aromatic carbocycles. The van der Waals surface area contributed by atoms with E-state index in [2.05, 4.69) is 26.5 Å². The molecule has 0 unspecified atom stereocenters.